The second kappa shape index (κ2) is 7.51. The van der Waals surface area contributed by atoms with Crippen molar-refractivity contribution in [2.45, 2.75) is 69.4 Å². The topological polar surface area (TPSA) is 80.0 Å². The van der Waals surface area contributed by atoms with Crippen LogP contribution in [0.3, 0.4) is 0 Å². The lowest BCUT2D eigenvalue weighted by molar-refractivity contribution is -0.120. The number of carbonyl (C=O) groups excluding carboxylic acids is 1. The molecule has 5 rings (SSSR count). The van der Waals surface area contributed by atoms with Gasteiger partial charge < -0.3 is 5.11 Å². The molecule has 2 aliphatic carbocycles. The van der Waals surface area contributed by atoms with E-state index in [0.29, 0.717) is 17.9 Å². The fourth-order valence-corrected chi connectivity index (χ4v) is 4.38. The van der Waals surface area contributed by atoms with E-state index in [1.165, 1.54) is 25.7 Å². The predicted molar refractivity (Wildman–Crippen MR) is 116 cm³/mol. The molecule has 2 heterocycles. The molecule has 0 radical (unpaired) electrons. The Kier molecular flexibility index (Phi) is 4.82. The summed E-state index contributed by atoms with van der Waals surface area (Å²) in [6, 6.07) is 13.7. The third kappa shape index (κ3) is 3.49. The first-order valence-corrected chi connectivity index (χ1v) is 11.0. The van der Waals surface area contributed by atoms with Gasteiger partial charge in [0.2, 0.25) is 11.9 Å². The minimum Gasteiger partial charge on any atom is -0.385 e. The molecule has 6 heteroatoms. The minimum absolute atomic E-state index is 0.0361. The Labute approximate surface area is 176 Å². The number of hydrogen-bond acceptors (Lipinski definition) is 4. The highest BCUT2D eigenvalue weighted by atomic mass is 16.3. The van der Waals surface area contributed by atoms with Gasteiger partial charge in [0.25, 0.3) is 0 Å². The van der Waals surface area contributed by atoms with Crippen molar-refractivity contribution in [1.82, 2.24) is 14.5 Å². The summed E-state index contributed by atoms with van der Waals surface area (Å²) in [5.74, 6) is 0.846. The summed E-state index contributed by atoms with van der Waals surface area (Å²) in [4.78, 5) is 22.5. The van der Waals surface area contributed by atoms with Crippen molar-refractivity contribution in [1.29, 1.82) is 0 Å². The van der Waals surface area contributed by atoms with Crippen LogP contribution in [0.4, 0.5) is 5.95 Å². The van der Waals surface area contributed by atoms with Crippen LogP contribution < -0.4 is 5.32 Å². The number of imidazole rings is 1. The van der Waals surface area contributed by atoms with E-state index in [9.17, 15) is 9.90 Å². The normalized spacial score (nSPS) is 19.1. The molecule has 2 N–H and O–H groups in total. The van der Waals surface area contributed by atoms with Gasteiger partial charge in [-0.2, -0.15) is 0 Å². The SMILES string of the molecule is C[C@@](O)(CC(=O)Nc1nc2ccc(C3CCC3)nc2n1C1CCC1)c1ccccc1. The molecule has 1 aromatic carbocycles. The summed E-state index contributed by atoms with van der Waals surface area (Å²) < 4.78 is 2.11. The van der Waals surface area contributed by atoms with Crippen LogP contribution in [0.2, 0.25) is 0 Å². The lowest BCUT2D eigenvalue weighted by Crippen LogP contribution is -2.30. The van der Waals surface area contributed by atoms with Crippen LogP contribution in [0.15, 0.2) is 42.5 Å². The highest BCUT2D eigenvalue weighted by Gasteiger charge is 2.30. The summed E-state index contributed by atoms with van der Waals surface area (Å²) >= 11 is 0. The summed E-state index contributed by atoms with van der Waals surface area (Å²) in [6.45, 7) is 1.67. The van der Waals surface area contributed by atoms with Crippen LogP contribution in [-0.4, -0.2) is 25.5 Å². The standard InChI is InChI=1S/C24H28N4O2/c1-24(30,17-9-3-2-4-10-17)15-21(29)27-23-26-20-14-13-19(16-7-5-8-16)25-22(20)28(23)18-11-6-12-18/h2-4,9-10,13-14,16,18,30H,5-8,11-12,15H2,1H3,(H,26,27,29)/t24-/m1/s1. The van der Waals surface area contributed by atoms with Crippen LogP contribution in [-0.2, 0) is 10.4 Å². The molecule has 3 aromatic rings. The van der Waals surface area contributed by atoms with Gasteiger partial charge in [-0.25, -0.2) is 9.97 Å². The van der Waals surface area contributed by atoms with Crippen molar-refractivity contribution in [2.75, 3.05) is 5.32 Å². The molecule has 0 aliphatic heterocycles. The summed E-state index contributed by atoms with van der Waals surface area (Å²) in [7, 11) is 0. The van der Waals surface area contributed by atoms with Crippen LogP contribution >= 0.6 is 0 Å². The molecule has 2 aromatic heterocycles. The lowest BCUT2D eigenvalue weighted by atomic mass is 9.83. The fraction of sp³-hybridized carbons (Fsp3) is 0.458. The van der Waals surface area contributed by atoms with Crippen molar-refractivity contribution < 1.29 is 9.90 Å². The molecule has 0 bridgehead atoms. The van der Waals surface area contributed by atoms with Crippen LogP contribution in [0.25, 0.3) is 11.2 Å². The van der Waals surface area contributed by atoms with E-state index in [0.717, 1.165) is 35.3 Å². The zero-order chi connectivity index (χ0) is 20.7. The number of amides is 1. The van der Waals surface area contributed by atoms with E-state index in [2.05, 4.69) is 20.9 Å². The van der Waals surface area contributed by atoms with E-state index >= 15 is 0 Å². The molecule has 0 saturated heterocycles. The number of nitrogens with one attached hydrogen (secondary N) is 1. The highest BCUT2D eigenvalue weighted by molar-refractivity contribution is 5.91. The van der Waals surface area contributed by atoms with Gasteiger partial charge in [-0.05, 0) is 56.7 Å². The maximum Gasteiger partial charge on any atom is 0.229 e. The Morgan fingerprint density at radius 3 is 2.47 bits per heavy atom. The van der Waals surface area contributed by atoms with Crippen molar-refractivity contribution in [3.63, 3.8) is 0 Å². The summed E-state index contributed by atoms with van der Waals surface area (Å²) in [5.41, 5.74) is 2.30. The first-order valence-electron chi connectivity index (χ1n) is 11.0. The van der Waals surface area contributed by atoms with E-state index in [1.54, 1.807) is 6.92 Å². The Balaban J connectivity index is 1.42. The molecular formula is C24H28N4O2. The van der Waals surface area contributed by atoms with Crippen LogP contribution in [0.1, 0.15) is 75.1 Å². The zero-order valence-corrected chi connectivity index (χ0v) is 17.3. The maximum absolute atomic E-state index is 12.8. The molecule has 1 atom stereocenters. The number of fused-ring (bicyclic) bond motifs is 1. The number of anilines is 1. The Bertz CT molecular complexity index is 1070. The van der Waals surface area contributed by atoms with Crippen molar-refractivity contribution in [2.24, 2.45) is 0 Å². The number of aliphatic hydroxyl groups is 1. The molecule has 6 nitrogen and oxygen atoms in total. The minimum atomic E-state index is -1.24. The molecule has 1 amide bonds. The number of benzene rings is 1. The smallest absolute Gasteiger partial charge is 0.229 e. The van der Waals surface area contributed by atoms with Crippen LogP contribution in [0.5, 0.6) is 0 Å². The molecule has 2 fully saturated rings. The summed E-state index contributed by atoms with van der Waals surface area (Å²) in [6.07, 6.45) is 6.97. The lowest BCUT2D eigenvalue weighted by Gasteiger charge is -2.29. The molecule has 2 aliphatic rings. The zero-order valence-electron chi connectivity index (χ0n) is 17.3. The predicted octanol–water partition coefficient (Wildman–Crippen LogP) is 4.66. The van der Waals surface area contributed by atoms with Gasteiger partial charge in [0.15, 0.2) is 5.65 Å². The highest BCUT2D eigenvalue weighted by Crippen LogP contribution is 2.39. The number of carbonyl (C=O) groups is 1. The molecule has 30 heavy (non-hydrogen) atoms. The Morgan fingerprint density at radius 2 is 1.83 bits per heavy atom. The second-order valence-electron chi connectivity index (χ2n) is 8.96. The molecule has 0 spiro atoms. The third-order valence-corrected chi connectivity index (χ3v) is 6.67. The average Bonchev–Trinajstić information content (AvgIpc) is 2.96. The number of nitrogens with zero attached hydrogens (tertiary/aromatic N) is 3. The van der Waals surface area contributed by atoms with Gasteiger partial charge in [0, 0.05) is 17.7 Å². The number of rotatable bonds is 6. The van der Waals surface area contributed by atoms with E-state index in [-0.39, 0.29) is 12.3 Å². The van der Waals surface area contributed by atoms with Crippen molar-refractivity contribution >= 4 is 23.0 Å². The Morgan fingerprint density at radius 1 is 1.10 bits per heavy atom. The van der Waals surface area contributed by atoms with Gasteiger partial charge >= 0.3 is 0 Å². The van der Waals surface area contributed by atoms with E-state index < -0.39 is 5.60 Å². The summed E-state index contributed by atoms with van der Waals surface area (Å²) in [5, 5.41) is 13.8. The number of aromatic nitrogens is 3. The van der Waals surface area contributed by atoms with Gasteiger partial charge in [-0.15, -0.1) is 0 Å². The second-order valence-corrected chi connectivity index (χ2v) is 8.96. The third-order valence-electron chi connectivity index (χ3n) is 6.67. The van der Waals surface area contributed by atoms with Crippen molar-refractivity contribution in [3.8, 4) is 0 Å². The van der Waals surface area contributed by atoms with E-state index in [1.807, 2.05) is 36.4 Å². The van der Waals surface area contributed by atoms with Gasteiger partial charge in [0.1, 0.15) is 5.52 Å². The monoisotopic (exact) mass is 404 g/mol. The quantitative estimate of drug-likeness (QED) is 0.626. The molecular weight excluding hydrogens is 376 g/mol. The Hall–Kier alpha value is -2.73. The van der Waals surface area contributed by atoms with Crippen LogP contribution in [0, 0.1) is 0 Å². The van der Waals surface area contributed by atoms with Gasteiger partial charge in [-0.3, -0.25) is 14.7 Å². The fourth-order valence-electron chi connectivity index (χ4n) is 4.38. The first-order chi connectivity index (χ1) is 14.5. The first kappa shape index (κ1) is 19.2. The molecule has 2 saturated carbocycles. The van der Waals surface area contributed by atoms with E-state index in [4.69, 9.17) is 4.98 Å². The van der Waals surface area contributed by atoms with Gasteiger partial charge in [-0.1, -0.05) is 36.8 Å². The molecule has 156 valence electrons. The largest absolute Gasteiger partial charge is 0.385 e. The number of pyridine rings is 1. The molecule has 0 unspecified atom stereocenters. The maximum atomic E-state index is 12.8. The number of hydrogen-bond donors (Lipinski definition) is 2. The van der Waals surface area contributed by atoms with Crippen molar-refractivity contribution in [3.05, 3.63) is 53.7 Å². The van der Waals surface area contributed by atoms with Gasteiger partial charge in [0.05, 0.1) is 12.0 Å². The average molecular weight is 405 g/mol.